The monoisotopic (exact) mass is 377 g/mol. The van der Waals surface area contributed by atoms with Gasteiger partial charge in [0.05, 0.1) is 12.1 Å². The lowest BCUT2D eigenvalue weighted by atomic mass is 10.1. The van der Waals surface area contributed by atoms with Crippen LogP contribution in [-0.4, -0.2) is 35.2 Å². The van der Waals surface area contributed by atoms with Crippen LogP contribution in [0.15, 0.2) is 73.1 Å². The number of rotatable bonds is 7. The van der Waals surface area contributed by atoms with Crippen LogP contribution in [0.4, 0.5) is 0 Å². The molecule has 0 aliphatic carbocycles. The summed E-state index contributed by atoms with van der Waals surface area (Å²) in [5.41, 5.74) is 4.21. The van der Waals surface area contributed by atoms with Gasteiger partial charge in [0.25, 0.3) is 11.8 Å². The summed E-state index contributed by atoms with van der Waals surface area (Å²) in [4.78, 5) is 27.7. The van der Waals surface area contributed by atoms with Crippen molar-refractivity contribution in [1.82, 2.24) is 15.8 Å². The molecule has 142 valence electrons. The van der Waals surface area contributed by atoms with Gasteiger partial charge in [-0.25, -0.2) is 5.48 Å². The SMILES string of the molecule is O=C(NO)c1ccc(OCCNC(=O)c2cncc(-c3ccccc3)c2)cc1. The molecule has 0 aliphatic rings. The van der Waals surface area contributed by atoms with Gasteiger partial charge in [-0.15, -0.1) is 0 Å². The van der Waals surface area contributed by atoms with E-state index in [9.17, 15) is 9.59 Å². The van der Waals surface area contributed by atoms with E-state index >= 15 is 0 Å². The van der Waals surface area contributed by atoms with E-state index in [0.29, 0.717) is 23.4 Å². The van der Waals surface area contributed by atoms with Gasteiger partial charge >= 0.3 is 0 Å². The lowest BCUT2D eigenvalue weighted by Crippen LogP contribution is -2.28. The normalized spacial score (nSPS) is 10.2. The van der Waals surface area contributed by atoms with E-state index in [-0.39, 0.29) is 12.5 Å². The molecular formula is C21H19N3O4. The largest absolute Gasteiger partial charge is 0.492 e. The Morgan fingerprint density at radius 3 is 2.36 bits per heavy atom. The quantitative estimate of drug-likeness (QED) is 0.334. The molecule has 2 aromatic carbocycles. The van der Waals surface area contributed by atoms with Crippen molar-refractivity contribution in [2.24, 2.45) is 0 Å². The molecule has 0 unspecified atom stereocenters. The number of hydrogen-bond donors (Lipinski definition) is 3. The highest BCUT2D eigenvalue weighted by molar-refractivity contribution is 5.95. The molecule has 0 saturated heterocycles. The molecule has 0 fully saturated rings. The maximum Gasteiger partial charge on any atom is 0.274 e. The summed E-state index contributed by atoms with van der Waals surface area (Å²) in [7, 11) is 0. The highest BCUT2D eigenvalue weighted by Gasteiger charge is 2.08. The third-order valence-electron chi connectivity index (χ3n) is 3.98. The van der Waals surface area contributed by atoms with Gasteiger partial charge in [-0.05, 0) is 35.9 Å². The lowest BCUT2D eigenvalue weighted by Gasteiger charge is -2.09. The lowest BCUT2D eigenvalue weighted by molar-refractivity contribution is 0.0706. The molecule has 1 aromatic heterocycles. The zero-order chi connectivity index (χ0) is 19.8. The predicted octanol–water partition coefficient (Wildman–Crippen LogP) is 2.68. The minimum atomic E-state index is -0.592. The van der Waals surface area contributed by atoms with Gasteiger partial charge in [-0.3, -0.25) is 19.8 Å². The molecule has 1 heterocycles. The molecule has 0 bridgehead atoms. The zero-order valence-electron chi connectivity index (χ0n) is 15.0. The van der Waals surface area contributed by atoms with E-state index < -0.39 is 5.91 Å². The number of hydrogen-bond acceptors (Lipinski definition) is 5. The van der Waals surface area contributed by atoms with Crippen LogP contribution in [0, 0.1) is 0 Å². The van der Waals surface area contributed by atoms with Crippen LogP contribution in [0.1, 0.15) is 20.7 Å². The summed E-state index contributed by atoms with van der Waals surface area (Å²) in [5, 5.41) is 11.4. The van der Waals surface area contributed by atoms with Crippen molar-refractivity contribution in [3.05, 3.63) is 84.2 Å². The maximum atomic E-state index is 12.3. The average molecular weight is 377 g/mol. The molecule has 0 atom stereocenters. The smallest absolute Gasteiger partial charge is 0.274 e. The Labute approximate surface area is 162 Å². The molecule has 2 amide bonds. The van der Waals surface area contributed by atoms with E-state index in [4.69, 9.17) is 9.94 Å². The Balaban J connectivity index is 1.50. The fourth-order valence-electron chi connectivity index (χ4n) is 2.56. The molecule has 3 rings (SSSR count). The number of pyridine rings is 1. The molecular weight excluding hydrogens is 358 g/mol. The van der Waals surface area contributed by atoms with Gasteiger partial charge in [-0.1, -0.05) is 30.3 Å². The number of nitrogens with zero attached hydrogens (tertiary/aromatic N) is 1. The van der Waals surface area contributed by atoms with E-state index in [0.717, 1.165) is 11.1 Å². The topological polar surface area (TPSA) is 101 Å². The molecule has 7 heteroatoms. The van der Waals surface area contributed by atoms with Gasteiger partial charge in [0.1, 0.15) is 12.4 Å². The van der Waals surface area contributed by atoms with Crippen molar-refractivity contribution < 1.29 is 19.5 Å². The van der Waals surface area contributed by atoms with Crippen LogP contribution in [-0.2, 0) is 0 Å². The second-order valence-corrected chi connectivity index (χ2v) is 5.90. The molecule has 0 radical (unpaired) electrons. The number of nitrogens with one attached hydrogen (secondary N) is 2. The number of benzene rings is 2. The van der Waals surface area contributed by atoms with E-state index in [1.54, 1.807) is 29.9 Å². The molecule has 0 aliphatic heterocycles. The zero-order valence-corrected chi connectivity index (χ0v) is 15.0. The Morgan fingerprint density at radius 1 is 0.893 bits per heavy atom. The first-order valence-corrected chi connectivity index (χ1v) is 8.63. The van der Waals surface area contributed by atoms with Gasteiger partial charge in [0.2, 0.25) is 0 Å². The molecule has 0 saturated carbocycles. The Morgan fingerprint density at radius 2 is 1.64 bits per heavy atom. The molecule has 3 N–H and O–H groups in total. The van der Waals surface area contributed by atoms with Crippen LogP contribution in [0.25, 0.3) is 11.1 Å². The van der Waals surface area contributed by atoms with Crippen LogP contribution in [0.2, 0.25) is 0 Å². The van der Waals surface area contributed by atoms with Crippen molar-refractivity contribution in [1.29, 1.82) is 0 Å². The summed E-state index contributed by atoms with van der Waals surface area (Å²) in [6, 6.07) is 17.8. The van der Waals surface area contributed by atoms with Gasteiger partial charge in [0.15, 0.2) is 0 Å². The minimum absolute atomic E-state index is 0.233. The van der Waals surface area contributed by atoms with Crippen molar-refractivity contribution in [3.8, 4) is 16.9 Å². The van der Waals surface area contributed by atoms with Crippen molar-refractivity contribution in [3.63, 3.8) is 0 Å². The Kier molecular flexibility index (Phi) is 6.33. The van der Waals surface area contributed by atoms with Crippen molar-refractivity contribution >= 4 is 11.8 Å². The van der Waals surface area contributed by atoms with Crippen LogP contribution in [0.5, 0.6) is 5.75 Å². The standard InChI is InChI=1S/C21H19N3O4/c25-20(18-12-17(13-22-14-18)15-4-2-1-3-5-15)23-10-11-28-19-8-6-16(7-9-19)21(26)24-27/h1-9,12-14,27H,10-11H2,(H,23,25)(H,24,26). The first kappa shape index (κ1) is 19.1. The fraction of sp³-hybridized carbons (Fsp3) is 0.0952. The average Bonchev–Trinajstić information content (AvgIpc) is 2.77. The van der Waals surface area contributed by atoms with Gasteiger partial charge in [0, 0.05) is 23.5 Å². The summed E-state index contributed by atoms with van der Waals surface area (Å²) in [5.74, 6) is -0.273. The number of carbonyl (C=O) groups excluding carboxylic acids is 2. The molecule has 3 aromatic rings. The molecule has 28 heavy (non-hydrogen) atoms. The van der Waals surface area contributed by atoms with Gasteiger partial charge < -0.3 is 10.1 Å². The number of carbonyl (C=O) groups is 2. The third-order valence-corrected chi connectivity index (χ3v) is 3.98. The van der Waals surface area contributed by atoms with Crippen LogP contribution in [0.3, 0.4) is 0 Å². The van der Waals surface area contributed by atoms with Crippen LogP contribution >= 0.6 is 0 Å². The van der Waals surface area contributed by atoms with E-state index in [2.05, 4.69) is 10.3 Å². The first-order valence-electron chi connectivity index (χ1n) is 8.63. The van der Waals surface area contributed by atoms with E-state index in [1.807, 2.05) is 30.3 Å². The molecule has 7 nitrogen and oxygen atoms in total. The summed E-state index contributed by atoms with van der Waals surface area (Å²) >= 11 is 0. The number of aromatic nitrogens is 1. The van der Waals surface area contributed by atoms with Crippen LogP contribution < -0.4 is 15.5 Å². The first-order chi connectivity index (χ1) is 13.7. The second-order valence-electron chi connectivity index (χ2n) is 5.90. The maximum absolute atomic E-state index is 12.3. The van der Waals surface area contributed by atoms with Gasteiger partial charge in [-0.2, -0.15) is 0 Å². The summed E-state index contributed by atoms with van der Waals surface area (Å²) in [6.45, 7) is 0.580. The number of amides is 2. The molecule has 0 spiro atoms. The number of ether oxygens (including phenoxy) is 1. The second kappa shape index (κ2) is 9.29. The number of hydroxylamine groups is 1. The summed E-state index contributed by atoms with van der Waals surface area (Å²) < 4.78 is 5.53. The highest BCUT2D eigenvalue weighted by Crippen LogP contribution is 2.18. The fourth-order valence-corrected chi connectivity index (χ4v) is 2.56. The van der Waals surface area contributed by atoms with Crippen molar-refractivity contribution in [2.75, 3.05) is 13.2 Å². The third kappa shape index (κ3) is 4.93. The Hall–Kier alpha value is -3.71. The predicted molar refractivity (Wildman–Crippen MR) is 103 cm³/mol. The van der Waals surface area contributed by atoms with Crippen molar-refractivity contribution in [2.45, 2.75) is 0 Å². The minimum Gasteiger partial charge on any atom is -0.492 e. The van der Waals surface area contributed by atoms with E-state index in [1.165, 1.54) is 18.3 Å². The Bertz CT molecular complexity index is 943. The highest BCUT2D eigenvalue weighted by atomic mass is 16.5. The summed E-state index contributed by atoms with van der Waals surface area (Å²) in [6.07, 6.45) is 3.24.